The number of carbonyl (C=O) groups is 1. The molecular weight excluding hydrogens is 228 g/mol. The molecule has 18 heavy (non-hydrogen) atoms. The molecule has 0 unspecified atom stereocenters. The van der Waals surface area contributed by atoms with Crippen molar-refractivity contribution in [1.29, 1.82) is 0 Å². The number of amides is 1. The molecule has 0 saturated carbocycles. The minimum atomic E-state index is 0.0792. The van der Waals surface area contributed by atoms with Gasteiger partial charge in [0.1, 0.15) is 5.75 Å². The van der Waals surface area contributed by atoms with Crippen molar-refractivity contribution in [3.63, 3.8) is 0 Å². The average Bonchev–Trinajstić information content (AvgIpc) is 2.36. The maximum atomic E-state index is 12.5. The van der Waals surface area contributed by atoms with Gasteiger partial charge in [-0.15, -0.1) is 0 Å². The monoisotopic (exact) mass is 246 g/mol. The van der Waals surface area contributed by atoms with Gasteiger partial charge in [0.25, 0.3) is 5.91 Å². The minimum Gasteiger partial charge on any atom is -0.507 e. The first-order valence-electron chi connectivity index (χ1n) is 6.43. The highest BCUT2D eigenvalue weighted by Crippen LogP contribution is 2.35. The van der Waals surface area contributed by atoms with E-state index in [1.165, 1.54) is 0 Å². The lowest BCUT2D eigenvalue weighted by Crippen LogP contribution is -2.56. The van der Waals surface area contributed by atoms with Crippen molar-refractivity contribution < 1.29 is 9.90 Å². The first-order valence-corrected chi connectivity index (χ1v) is 6.43. The van der Waals surface area contributed by atoms with Crippen molar-refractivity contribution in [3.05, 3.63) is 28.3 Å². The summed E-state index contributed by atoms with van der Waals surface area (Å²) in [7, 11) is 0. The molecule has 1 aromatic rings. The molecule has 2 N–H and O–H groups in total. The van der Waals surface area contributed by atoms with Crippen LogP contribution in [0.3, 0.4) is 0 Å². The number of nitrogens with zero attached hydrogens (tertiary/aromatic N) is 1. The third-order valence-corrected chi connectivity index (χ3v) is 4.05. The van der Waals surface area contributed by atoms with Crippen molar-refractivity contribution in [2.45, 2.75) is 26.3 Å². The molecule has 0 aliphatic carbocycles. The van der Waals surface area contributed by atoms with Crippen molar-refractivity contribution in [2.24, 2.45) is 0 Å². The molecule has 4 heteroatoms. The van der Waals surface area contributed by atoms with E-state index in [1.807, 2.05) is 24.8 Å². The molecule has 1 atom stereocenters. The largest absolute Gasteiger partial charge is 0.507 e. The van der Waals surface area contributed by atoms with Gasteiger partial charge >= 0.3 is 0 Å². The number of aromatic hydroxyl groups is 1. The lowest BCUT2D eigenvalue weighted by molar-refractivity contribution is 0.0603. The number of aryl methyl sites for hydroxylation is 2. The summed E-state index contributed by atoms with van der Waals surface area (Å²) in [6, 6.07) is 2.08. The second-order valence-corrected chi connectivity index (χ2v) is 5.27. The van der Waals surface area contributed by atoms with Gasteiger partial charge in [-0.1, -0.05) is 6.07 Å². The van der Waals surface area contributed by atoms with Crippen LogP contribution < -0.4 is 5.32 Å². The SMILES string of the molecule is Cc1cc(C)c2c(c1O)C[C@@H]1CNCCN1C2=O. The summed E-state index contributed by atoms with van der Waals surface area (Å²) in [5, 5.41) is 13.5. The number of phenols is 1. The van der Waals surface area contributed by atoms with E-state index in [0.717, 1.165) is 48.3 Å². The van der Waals surface area contributed by atoms with E-state index in [-0.39, 0.29) is 11.9 Å². The van der Waals surface area contributed by atoms with Crippen molar-refractivity contribution >= 4 is 5.91 Å². The predicted octanol–water partition coefficient (Wildman–Crippen LogP) is 0.979. The maximum Gasteiger partial charge on any atom is 0.254 e. The van der Waals surface area contributed by atoms with Crippen LogP contribution in [0, 0.1) is 13.8 Å². The van der Waals surface area contributed by atoms with Gasteiger partial charge in [-0.2, -0.15) is 0 Å². The molecule has 0 aromatic heterocycles. The first kappa shape index (κ1) is 11.5. The van der Waals surface area contributed by atoms with Crippen LogP contribution in [0.2, 0.25) is 0 Å². The number of hydrogen-bond donors (Lipinski definition) is 2. The molecule has 2 aliphatic heterocycles. The van der Waals surface area contributed by atoms with Gasteiger partial charge in [-0.3, -0.25) is 4.79 Å². The summed E-state index contributed by atoms with van der Waals surface area (Å²) in [5.74, 6) is 0.379. The highest BCUT2D eigenvalue weighted by molar-refractivity contribution is 5.99. The third-order valence-electron chi connectivity index (χ3n) is 4.05. The van der Waals surface area contributed by atoms with Crippen LogP contribution in [0.15, 0.2) is 6.07 Å². The Morgan fingerprint density at radius 2 is 2.17 bits per heavy atom. The van der Waals surface area contributed by atoms with E-state index in [2.05, 4.69) is 5.32 Å². The molecule has 0 spiro atoms. The number of nitrogens with one attached hydrogen (secondary N) is 1. The summed E-state index contributed by atoms with van der Waals surface area (Å²) < 4.78 is 0. The van der Waals surface area contributed by atoms with Crippen LogP contribution in [0.5, 0.6) is 5.75 Å². The van der Waals surface area contributed by atoms with Crippen LogP contribution >= 0.6 is 0 Å². The number of piperazine rings is 1. The lowest BCUT2D eigenvalue weighted by atomic mass is 9.87. The van der Waals surface area contributed by atoms with Gasteiger partial charge in [-0.05, 0) is 31.4 Å². The standard InChI is InChI=1S/C14H18N2O2/c1-8-5-9(2)13(17)11-6-10-7-15-3-4-16(10)14(18)12(8)11/h5,10,15,17H,3-4,6-7H2,1-2H3/t10-/m1/s1. The van der Waals surface area contributed by atoms with Crippen molar-refractivity contribution in [1.82, 2.24) is 10.2 Å². The Kier molecular flexibility index (Phi) is 2.55. The zero-order chi connectivity index (χ0) is 12.9. The molecule has 1 saturated heterocycles. The molecular formula is C14H18N2O2. The third kappa shape index (κ3) is 1.52. The fourth-order valence-electron chi connectivity index (χ4n) is 3.15. The number of rotatable bonds is 0. The first-order chi connectivity index (χ1) is 8.59. The summed E-state index contributed by atoms with van der Waals surface area (Å²) >= 11 is 0. The van der Waals surface area contributed by atoms with Crippen LogP contribution in [0.1, 0.15) is 27.0 Å². The smallest absolute Gasteiger partial charge is 0.254 e. The topological polar surface area (TPSA) is 52.6 Å². The second kappa shape index (κ2) is 3.99. The van der Waals surface area contributed by atoms with Gasteiger partial charge in [-0.25, -0.2) is 0 Å². The fourth-order valence-corrected chi connectivity index (χ4v) is 3.15. The Hall–Kier alpha value is -1.55. The van der Waals surface area contributed by atoms with E-state index in [9.17, 15) is 9.90 Å². The zero-order valence-electron chi connectivity index (χ0n) is 10.8. The van der Waals surface area contributed by atoms with Crippen molar-refractivity contribution in [3.8, 4) is 5.75 Å². The van der Waals surface area contributed by atoms with E-state index >= 15 is 0 Å². The number of carbonyl (C=O) groups excluding carboxylic acids is 1. The number of benzene rings is 1. The Bertz CT molecular complexity index is 525. The highest BCUT2D eigenvalue weighted by atomic mass is 16.3. The Labute approximate surface area is 107 Å². The summed E-state index contributed by atoms with van der Waals surface area (Å²) in [4.78, 5) is 14.5. The van der Waals surface area contributed by atoms with Gasteiger partial charge < -0.3 is 15.3 Å². The van der Waals surface area contributed by atoms with E-state index in [0.29, 0.717) is 5.75 Å². The number of hydrogen-bond acceptors (Lipinski definition) is 3. The van der Waals surface area contributed by atoms with Crippen molar-refractivity contribution in [2.75, 3.05) is 19.6 Å². The Balaban J connectivity index is 2.15. The molecule has 1 amide bonds. The van der Waals surface area contributed by atoms with Gasteiger partial charge in [0.05, 0.1) is 0 Å². The van der Waals surface area contributed by atoms with Gasteiger partial charge in [0.2, 0.25) is 0 Å². The fraction of sp³-hybridized carbons (Fsp3) is 0.500. The van der Waals surface area contributed by atoms with E-state index < -0.39 is 0 Å². The molecule has 2 aliphatic rings. The van der Waals surface area contributed by atoms with Gasteiger partial charge in [0.15, 0.2) is 0 Å². The summed E-state index contributed by atoms with van der Waals surface area (Å²) in [5.41, 5.74) is 3.39. The maximum absolute atomic E-state index is 12.5. The molecule has 3 rings (SSSR count). The summed E-state index contributed by atoms with van der Waals surface area (Å²) in [6.45, 7) is 6.27. The quantitative estimate of drug-likeness (QED) is 0.717. The molecule has 1 aromatic carbocycles. The van der Waals surface area contributed by atoms with Crippen LogP contribution in [0.25, 0.3) is 0 Å². The highest BCUT2D eigenvalue weighted by Gasteiger charge is 2.36. The van der Waals surface area contributed by atoms with Crippen LogP contribution in [-0.2, 0) is 6.42 Å². The molecule has 1 fully saturated rings. The number of phenolic OH excluding ortho intramolecular Hbond substituents is 1. The van der Waals surface area contributed by atoms with Gasteiger partial charge in [0, 0.05) is 36.8 Å². The molecule has 2 heterocycles. The summed E-state index contributed by atoms with van der Waals surface area (Å²) in [6.07, 6.45) is 0.752. The molecule has 0 bridgehead atoms. The second-order valence-electron chi connectivity index (χ2n) is 5.27. The lowest BCUT2D eigenvalue weighted by Gasteiger charge is -2.41. The average molecular weight is 246 g/mol. The van der Waals surface area contributed by atoms with Crippen LogP contribution in [-0.4, -0.2) is 41.6 Å². The Morgan fingerprint density at radius 1 is 1.39 bits per heavy atom. The molecule has 0 radical (unpaired) electrons. The molecule has 96 valence electrons. The van der Waals surface area contributed by atoms with E-state index in [1.54, 1.807) is 0 Å². The zero-order valence-corrected chi connectivity index (χ0v) is 10.8. The number of fused-ring (bicyclic) bond motifs is 2. The van der Waals surface area contributed by atoms with E-state index in [4.69, 9.17) is 0 Å². The normalized spacial score (nSPS) is 22.7. The predicted molar refractivity (Wildman–Crippen MR) is 69.0 cm³/mol. The minimum absolute atomic E-state index is 0.0792. The van der Waals surface area contributed by atoms with Crippen LogP contribution in [0.4, 0.5) is 0 Å². The molecule has 4 nitrogen and oxygen atoms in total. The Morgan fingerprint density at radius 3 is 2.94 bits per heavy atom.